The molecule has 3 atom stereocenters. The van der Waals surface area contributed by atoms with Crippen LogP contribution in [0.4, 0.5) is 0 Å². The van der Waals surface area contributed by atoms with Crippen molar-refractivity contribution in [2.24, 2.45) is 0 Å². The van der Waals surface area contributed by atoms with Crippen LogP contribution >= 0.6 is 0 Å². The third-order valence-electron chi connectivity index (χ3n) is 3.79. The first-order valence-electron chi connectivity index (χ1n) is 7.31. The lowest BCUT2D eigenvalue weighted by Gasteiger charge is -2.30. The molecule has 0 aromatic heterocycles. The fraction of sp³-hybridized carbons (Fsp3) is 0.533. The van der Waals surface area contributed by atoms with E-state index in [0.717, 1.165) is 5.56 Å². The number of amides is 1. The van der Waals surface area contributed by atoms with Gasteiger partial charge >= 0.3 is 0 Å². The van der Waals surface area contributed by atoms with E-state index in [2.05, 4.69) is 5.32 Å². The highest BCUT2D eigenvalue weighted by atomic mass is 32.2. The molecule has 0 unspecified atom stereocenters. The number of piperidine rings is 1. The van der Waals surface area contributed by atoms with Crippen molar-refractivity contribution in [2.45, 2.75) is 49.8 Å². The molecule has 23 heavy (non-hydrogen) atoms. The van der Waals surface area contributed by atoms with E-state index in [1.807, 2.05) is 6.92 Å². The molecule has 8 heteroatoms. The molecular weight excluding hydrogens is 322 g/mol. The van der Waals surface area contributed by atoms with Gasteiger partial charge in [-0.15, -0.1) is 0 Å². The van der Waals surface area contributed by atoms with Gasteiger partial charge in [-0.05, 0) is 32.9 Å². The van der Waals surface area contributed by atoms with Crippen LogP contribution in [0.1, 0.15) is 19.4 Å². The number of carbonyl (C=O) groups is 1. The Morgan fingerprint density at radius 3 is 2.52 bits per heavy atom. The highest BCUT2D eigenvalue weighted by Gasteiger charge is 2.52. The summed E-state index contributed by atoms with van der Waals surface area (Å²) in [7, 11) is -3.96. The second-order valence-corrected chi connectivity index (χ2v) is 7.74. The Morgan fingerprint density at radius 1 is 1.22 bits per heavy atom. The van der Waals surface area contributed by atoms with Crippen LogP contribution < -0.4 is 5.32 Å². The fourth-order valence-electron chi connectivity index (χ4n) is 2.69. The molecule has 2 aliphatic rings. The average Bonchev–Trinajstić information content (AvgIpc) is 2.79. The van der Waals surface area contributed by atoms with Crippen LogP contribution in [-0.2, 0) is 28.6 Å². The van der Waals surface area contributed by atoms with Gasteiger partial charge in [-0.1, -0.05) is 17.7 Å². The van der Waals surface area contributed by atoms with E-state index in [9.17, 15) is 13.2 Å². The lowest BCUT2D eigenvalue weighted by atomic mass is 10.0. The Morgan fingerprint density at radius 2 is 1.87 bits per heavy atom. The first-order valence-corrected chi connectivity index (χ1v) is 8.72. The van der Waals surface area contributed by atoms with Crippen molar-refractivity contribution in [2.75, 3.05) is 6.54 Å². The third-order valence-corrected chi connectivity index (χ3v) is 5.14. The molecule has 7 nitrogen and oxygen atoms in total. The lowest BCUT2D eigenvalue weighted by molar-refractivity contribution is -0.155. The number of fused-ring (bicyclic) bond motifs is 1. The van der Waals surface area contributed by atoms with Gasteiger partial charge in [0.1, 0.15) is 12.2 Å². The lowest BCUT2D eigenvalue weighted by Crippen LogP contribution is -2.57. The van der Waals surface area contributed by atoms with E-state index in [4.69, 9.17) is 13.7 Å². The van der Waals surface area contributed by atoms with E-state index in [0.29, 0.717) is 0 Å². The largest absolute Gasteiger partial charge is 0.351 e. The Balaban J connectivity index is 1.82. The Labute approximate surface area is 135 Å². The number of benzene rings is 1. The van der Waals surface area contributed by atoms with Crippen LogP contribution in [0.5, 0.6) is 0 Å². The second-order valence-electron chi connectivity index (χ2n) is 6.17. The summed E-state index contributed by atoms with van der Waals surface area (Å²) in [6.07, 6.45) is -2.48. The zero-order valence-electron chi connectivity index (χ0n) is 13.1. The summed E-state index contributed by atoms with van der Waals surface area (Å²) in [5, 5.41) is 2.59. The molecule has 1 aromatic carbocycles. The van der Waals surface area contributed by atoms with E-state index >= 15 is 0 Å². The number of hydrogen-bond acceptors (Lipinski definition) is 6. The molecule has 1 amide bonds. The highest BCUT2D eigenvalue weighted by molar-refractivity contribution is 7.86. The molecule has 2 heterocycles. The van der Waals surface area contributed by atoms with E-state index in [-0.39, 0.29) is 17.3 Å². The zero-order valence-corrected chi connectivity index (χ0v) is 13.9. The van der Waals surface area contributed by atoms with Gasteiger partial charge in [-0.2, -0.15) is 8.42 Å². The molecule has 126 valence electrons. The molecule has 1 N–H and O–H groups in total. The number of aryl methyl sites for hydroxylation is 1. The second kappa shape index (κ2) is 5.55. The number of hydrogen-bond donors (Lipinski definition) is 1. The molecule has 0 spiro atoms. The topological polar surface area (TPSA) is 90.9 Å². The normalized spacial score (nSPS) is 29.9. The average molecular weight is 341 g/mol. The van der Waals surface area contributed by atoms with Crippen molar-refractivity contribution in [3.63, 3.8) is 0 Å². The maximum Gasteiger partial charge on any atom is 0.297 e. The van der Waals surface area contributed by atoms with Gasteiger partial charge in [0, 0.05) is 6.54 Å². The van der Waals surface area contributed by atoms with Crippen LogP contribution in [0.15, 0.2) is 29.2 Å². The van der Waals surface area contributed by atoms with E-state index < -0.39 is 34.2 Å². The smallest absolute Gasteiger partial charge is 0.297 e. The molecule has 0 bridgehead atoms. The summed E-state index contributed by atoms with van der Waals surface area (Å²) in [5.41, 5.74) is 0.947. The highest BCUT2D eigenvalue weighted by Crippen LogP contribution is 2.33. The monoisotopic (exact) mass is 341 g/mol. The van der Waals surface area contributed by atoms with Crippen LogP contribution in [0, 0.1) is 6.92 Å². The van der Waals surface area contributed by atoms with E-state index in [1.165, 1.54) is 12.1 Å². The van der Waals surface area contributed by atoms with Crippen LogP contribution in [-0.4, -0.2) is 45.0 Å². The first kappa shape index (κ1) is 16.4. The molecule has 1 aromatic rings. The predicted molar refractivity (Wildman–Crippen MR) is 80.1 cm³/mol. The zero-order chi connectivity index (χ0) is 16.8. The third kappa shape index (κ3) is 3.25. The number of ether oxygens (including phenoxy) is 2. The van der Waals surface area contributed by atoms with Gasteiger partial charge in [-0.3, -0.25) is 8.98 Å². The Hall–Kier alpha value is -1.48. The predicted octanol–water partition coefficient (Wildman–Crippen LogP) is 0.719. The summed E-state index contributed by atoms with van der Waals surface area (Å²) < 4.78 is 41.3. The van der Waals surface area contributed by atoms with Crippen molar-refractivity contribution in [1.29, 1.82) is 0 Å². The standard InChI is InChI=1S/C15H19NO6S/c1-9-4-6-10(7-5-9)23(18,19)22-11-8-16-14(17)13-12(11)20-15(2,3)21-13/h4-7,11-13H,8H2,1-3H3,(H,16,17)/t11-,12-,13-/m1/s1. The van der Waals surface area contributed by atoms with Gasteiger partial charge in [0.25, 0.3) is 16.0 Å². The molecule has 2 aliphatic heterocycles. The van der Waals surface area contributed by atoms with Gasteiger partial charge in [0.2, 0.25) is 0 Å². The number of nitrogens with one attached hydrogen (secondary N) is 1. The van der Waals surface area contributed by atoms with Gasteiger partial charge in [0.05, 0.1) is 4.90 Å². The minimum Gasteiger partial charge on any atom is -0.351 e. The van der Waals surface area contributed by atoms with Crippen molar-refractivity contribution >= 4 is 16.0 Å². The van der Waals surface area contributed by atoms with Crippen molar-refractivity contribution in [3.8, 4) is 0 Å². The molecular formula is C15H19NO6S. The fourth-order valence-corrected chi connectivity index (χ4v) is 3.78. The molecule has 0 saturated carbocycles. The quantitative estimate of drug-likeness (QED) is 0.815. The van der Waals surface area contributed by atoms with E-state index in [1.54, 1.807) is 26.0 Å². The maximum atomic E-state index is 12.4. The Kier molecular flexibility index (Phi) is 3.96. The Bertz CT molecular complexity index is 712. The van der Waals surface area contributed by atoms with Crippen LogP contribution in [0.25, 0.3) is 0 Å². The van der Waals surface area contributed by atoms with Crippen molar-refractivity contribution < 1.29 is 26.9 Å². The van der Waals surface area contributed by atoms with Crippen LogP contribution in [0.3, 0.4) is 0 Å². The van der Waals surface area contributed by atoms with Crippen molar-refractivity contribution in [3.05, 3.63) is 29.8 Å². The minimum absolute atomic E-state index is 0.0462. The SMILES string of the molecule is Cc1ccc(S(=O)(=O)O[C@@H]2CNC(=O)[C@@H]3OC(C)(C)O[C@H]23)cc1. The summed E-state index contributed by atoms with van der Waals surface area (Å²) in [5.74, 6) is -1.29. The molecule has 2 fully saturated rings. The van der Waals surface area contributed by atoms with Gasteiger partial charge in [-0.25, -0.2) is 0 Å². The molecule has 3 rings (SSSR count). The minimum atomic E-state index is -3.96. The molecule has 0 radical (unpaired) electrons. The molecule has 2 saturated heterocycles. The number of carbonyl (C=O) groups excluding carboxylic acids is 1. The van der Waals surface area contributed by atoms with Gasteiger partial charge < -0.3 is 14.8 Å². The van der Waals surface area contributed by atoms with Crippen molar-refractivity contribution in [1.82, 2.24) is 5.32 Å². The first-order chi connectivity index (χ1) is 10.7. The van der Waals surface area contributed by atoms with Gasteiger partial charge in [0.15, 0.2) is 11.9 Å². The van der Waals surface area contributed by atoms with Crippen LogP contribution in [0.2, 0.25) is 0 Å². The summed E-state index contributed by atoms with van der Waals surface area (Å²) in [6.45, 7) is 5.25. The number of rotatable bonds is 3. The summed E-state index contributed by atoms with van der Waals surface area (Å²) in [6, 6.07) is 6.36. The summed E-state index contributed by atoms with van der Waals surface area (Å²) >= 11 is 0. The maximum absolute atomic E-state index is 12.4. The summed E-state index contributed by atoms with van der Waals surface area (Å²) in [4.78, 5) is 11.9. The molecule has 0 aliphatic carbocycles.